The Morgan fingerprint density at radius 1 is 0.920 bits per heavy atom. The third-order valence-electron chi connectivity index (χ3n) is 3.92. The Morgan fingerprint density at radius 3 is 2.44 bits per heavy atom. The molecule has 0 saturated heterocycles. The van der Waals surface area contributed by atoms with E-state index in [1.54, 1.807) is 18.3 Å². The summed E-state index contributed by atoms with van der Waals surface area (Å²) in [5, 5.41) is 6.50. The van der Waals surface area contributed by atoms with E-state index < -0.39 is 0 Å². The van der Waals surface area contributed by atoms with Gasteiger partial charge in [-0.1, -0.05) is 18.2 Å². The quantitative estimate of drug-likeness (QED) is 0.715. The van der Waals surface area contributed by atoms with Crippen molar-refractivity contribution in [1.82, 2.24) is 15.0 Å². The van der Waals surface area contributed by atoms with Crippen molar-refractivity contribution >= 4 is 11.8 Å². The van der Waals surface area contributed by atoms with Gasteiger partial charge in [0.1, 0.15) is 11.6 Å². The van der Waals surface area contributed by atoms with E-state index in [1.807, 2.05) is 32.0 Å². The van der Waals surface area contributed by atoms with Crippen LogP contribution in [0.5, 0.6) is 0 Å². The van der Waals surface area contributed by atoms with E-state index in [2.05, 4.69) is 25.6 Å². The van der Waals surface area contributed by atoms with Crippen molar-refractivity contribution in [2.24, 2.45) is 0 Å². The monoisotopic (exact) mass is 337 g/mol. The number of hydrogen-bond donors (Lipinski definition) is 2. The van der Waals surface area contributed by atoms with Crippen LogP contribution >= 0.6 is 0 Å². The molecule has 0 aliphatic carbocycles. The third kappa shape index (κ3) is 4.50. The molecular formula is C19H20FN5. The van der Waals surface area contributed by atoms with Gasteiger partial charge in [0, 0.05) is 24.0 Å². The highest BCUT2D eigenvalue weighted by atomic mass is 19.1. The van der Waals surface area contributed by atoms with Gasteiger partial charge in [-0.15, -0.1) is 0 Å². The molecule has 0 atom stereocenters. The number of aryl methyl sites for hydroxylation is 1. The number of benzene rings is 1. The highest BCUT2D eigenvalue weighted by Gasteiger charge is 2.08. The first-order valence-electron chi connectivity index (χ1n) is 8.09. The number of hydrogen-bond acceptors (Lipinski definition) is 5. The molecule has 2 aromatic heterocycles. The number of rotatable bonds is 6. The standard InChI is InChI=1S/C19H20FN5/c1-13-14(2)24-19(23-12-17-5-3-4-10-21-17)25-18(13)22-11-15-6-8-16(20)9-7-15/h3-10H,11-12H2,1-2H3,(H2,22,23,24,25). The van der Waals surface area contributed by atoms with E-state index in [-0.39, 0.29) is 5.82 Å². The molecule has 2 heterocycles. The average Bonchev–Trinajstić information content (AvgIpc) is 2.63. The molecule has 0 unspecified atom stereocenters. The zero-order chi connectivity index (χ0) is 17.6. The summed E-state index contributed by atoms with van der Waals surface area (Å²) in [6.45, 7) is 5.05. The zero-order valence-electron chi connectivity index (χ0n) is 14.3. The lowest BCUT2D eigenvalue weighted by molar-refractivity contribution is 0.627. The fourth-order valence-electron chi connectivity index (χ4n) is 2.34. The molecule has 128 valence electrons. The number of nitrogens with zero attached hydrogens (tertiary/aromatic N) is 3. The minimum Gasteiger partial charge on any atom is -0.366 e. The van der Waals surface area contributed by atoms with E-state index in [4.69, 9.17) is 0 Å². The Labute approximate surface area is 146 Å². The number of halogens is 1. The van der Waals surface area contributed by atoms with Crippen LogP contribution in [0.2, 0.25) is 0 Å². The number of anilines is 2. The van der Waals surface area contributed by atoms with Crippen LogP contribution in [0.3, 0.4) is 0 Å². The molecule has 3 rings (SSSR count). The molecule has 0 bridgehead atoms. The second-order valence-corrected chi connectivity index (χ2v) is 5.76. The summed E-state index contributed by atoms with van der Waals surface area (Å²) in [6.07, 6.45) is 1.76. The molecule has 2 N–H and O–H groups in total. The second kappa shape index (κ2) is 7.70. The predicted molar refractivity (Wildman–Crippen MR) is 96.8 cm³/mol. The first-order chi connectivity index (χ1) is 12.1. The lowest BCUT2D eigenvalue weighted by Crippen LogP contribution is -2.10. The predicted octanol–water partition coefficient (Wildman–Crippen LogP) is 3.85. The largest absolute Gasteiger partial charge is 0.366 e. The van der Waals surface area contributed by atoms with Crippen molar-refractivity contribution in [2.45, 2.75) is 26.9 Å². The fraction of sp³-hybridized carbons (Fsp3) is 0.211. The zero-order valence-corrected chi connectivity index (χ0v) is 14.3. The smallest absolute Gasteiger partial charge is 0.225 e. The lowest BCUT2D eigenvalue weighted by Gasteiger charge is -2.13. The molecule has 0 radical (unpaired) electrons. The van der Waals surface area contributed by atoms with Crippen molar-refractivity contribution in [3.8, 4) is 0 Å². The Hall–Kier alpha value is -3.02. The lowest BCUT2D eigenvalue weighted by atomic mass is 10.2. The number of nitrogens with one attached hydrogen (secondary N) is 2. The van der Waals surface area contributed by atoms with E-state index in [0.29, 0.717) is 19.0 Å². The van der Waals surface area contributed by atoms with Gasteiger partial charge in [-0.3, -0.25) is 4.98 Å². The van der Waals surface area contributed by atoms with E-state index >= 15 is 0 Å². The molecule has 0 fully saturated rings. The molecule has 0 saturated carbocycles. The Kier molecular flexibility index (Phi) is 5.18. The molecule has 0 spiro atoms. The molecule has 3 aromatic rings. The molecule has 1 aromatic carbocycles. The fourth-order valence-corrected chi connectivity index (χ4v) is 2.34. The minimum atomic E-state index is -0.237. The molecular weight excluding hydrogens is 317 g/mol. The summed E-state index contributed by atoms with van der Waals surface area (Å²) in [6, 6.07) is 12.2. The SMILES string of the molecule is Cc1nc(NCc2ccccn2)nc(NCc2ccc(F)cc2)c1C. The maximum atomic E-state index is 13.0. The first-order valence-corrected chi connectivity index (χ1v) is 8.09. The molecule has 0 aliphatic rings. The van der Waals surface area contributed by atoms with Crippen molar-refractivity contribution in [3.05, 3.63) is 77.0 Å². The van der Waals surface area contributed by atoms with Crippen molar-refractivity contribution in [1.29, 1.82) is 0 Å². The summed E-state index contributed by atoms with van der Waals surface area (Å²) in [7, 11) is 0. The van der Waals surface area contributed by atoms with Gasteiger partial charge < -0.3 is 10.6 Å². The van der Waals surface area contributed by atoms with Gasteiger partial charge in [-0.05, 0) is 43.7 Å². The van der Waals surface area contributed by atoms with Crippen molar-refractivity contribution < 1.29 is 4.39 Å². The van der Waals surface area contributed by atoms with Gasteiger partial charge in [0.05, 0.1) is 12.2 Å². The van der Waals surface area contributed by atoms with Crippen LogP contribution in [0.25, 0.3) is 0 Å². The third-order valence-corrected chi connectivity index (χ3v) is 3.92. The van der Waals surface area contributed by atoms with E-state index in [0.717, 1.165) is 28.3 Å². The van der Waals surface area contributed by atoms with Crippen molar-refractivity contribution in [2.75, 3.05) is 10.6 Å². The van der Waals surface area contributed by atoms with Gasteiger partial charge in [-0.2, -0.15) is 4.98 Å². The van der Waals surface area contributed by atoms with Gasteiger partial charge in [-0.25, -0.2) is 9.37 Å². The molecule has 0 amide bonds. The summed E-state index contributed by atoms with van der Waals surface area (Å²) in [5.41, 5.74) is 3.80. The minimum absolute atomic E-state index is 0.237. The van der Waals surface area contributed by atoms with Crippen LogP contribution in [-0.4, -0.2) is 15.0 Å². The number of aromatic nitrogens is 3. The normalized spacial score (nSPS) is 10.5. The van der Waals surface area contributed by atoms with Crippen LogP contribution in [0.1, 0.15) is 22.5 Å². The van der Waals surface area contributed by atoms with Crippen molar-refractivity contribution in [3.63, 3.8) is 0 Å². The van der Waals surface area contributed by atoms with Crippen LogP contribution in [0.4, 0.5) is 16.2 Å². The van der Waals surface area contributed by atoms with E-state index in [9.17, 15) is 4.39 Å². The number of pyridine rings is 1. The Balaban J connectivity index is 1.70. The van der Waals surface area contributed by atoms with Crippen LogP contribution < -0.4 is 10.6 Å². The summed E-state index contributed by atoms with van der Waals surface area (Å²) >= 11 is 0. The van der Waals surface area contributed by atoms with Gasteiger partial charge in [0.2, 0.25) is 5.95 Å². The van der Waals surface area contributed by atoms with Gasteiger partial charge in [0.25, 0.3) is 0 Å². The maximum Gasteiger partial charge on any atom is 0.225 e. The van der Waals surface area contributed by atoms with E-state index in [1.165, 1.54) is 12.1 Å². The van der Waals surface area contributed by atoms with Crippen LogP contribution in [0.15, 0.2) is 48.7 Å². The molecule has 6 heteroatoms. The summed E-state index contributed by atoms with van der Waals surface area (Å²) in [4.78, 5) is 13.3. The molecule has 25 heavy (non-hydrogen) atoms. The summed E-state index contributed by atoms with van der Waals surface area (Å²) < 4.78 is 13.0. The van der Waals surface area contributed by atoms with Crippen LogP contribution in [0, 0.1) is 19.7 Å². The van der Waals surface area contributed by atoms with Gasteiger partial charge in [0.15, 0.2) is 0 Å². The average molecular weight is 337 g/mol. The van der Waals surface area contributed by atoms with Gasteiger partial charge >= 0.3 is 0 Å². The first kappa shape index (κ1) is 16.8. The molecule has 5 nitrogen and oxygen atoms in total. The Morgan fingerprint density at radius 2 is 1.72 bits per heavy atom. The second-order valence-electron chi connectivity index (χ2n) is 5.76. The highest BCUT2D eigenvalue weighted by molar-refractivity contribution is 5.50. The molecule has 0 aliphatic heterocycles. The topological polar surface area (TPSA) is 62.7 Å². The van der Waals surface area contributed by atoms with Crippen LogP contribution in [-0.2, 0) is 13.1 Å². The maximum absolute atomic E-state index is 13.0. The highest BCUT2D eigenvalue weighted by Crippen LogP contribution is 2.18. The summed E-state index contributed by atoms with van der Waals surface area (Å²) in [5.74, 6) is 1.08. The Bertz CT molecular complexity index is 834.